The fourth-order valence-electron chi connectivity index (χ4n) is 4.31. The zero-order valence-electron chi connectivity index (χ0n) is 24.1. The number of amides is 3. The van der Waals surface area contributed by atoms with Crippen molar-refractivity contribution in [2.45, 2.75) is 76.5 Å². The lowest BCUT2D eigenvalue weighted by Gasteiger charge is -2.26. The molecule has 0 aliphatic carbocycles. The van der Waals surface area contributed by atoms with Gasteiger partial charge < -0.3 is 42.7 Å². The van der Waals surface area contributed by atoms with Crippen LogP contribution in [0.1, 0.15) is 50.7 Å². The molecule has 3 amide bonds. The van der Waals surface area contributed by atoms with Crippen LogP contribution in [0.2, 0.25) is 0 Å². The molecule has 0 heterocycles. The second kappa shape index (κ2) is 16.9. The highest BCUT2D eigenvalue weighted by atomic mass is 16.4. The Kier molecular flexibility index (Phi) is 13.7. The molecule has 2 aromatic carbocycles. The van der Waals surface area contributed by atoms with Crippen molar-refractivity contribution in [3.8, 4) is 11.5 Å². The smallest absolute Gasteiger partial charge is 0.326 e. The number of nitrogens with one attached hydrogen (secondary N) is 3. The van der Waals surface area contributed by atoms with Gasteiger partial charge in [0.2, 0.25) is 17.7 Å². The summed E-state index contributed by atoms with van der Waals surface area (Å²) in [5.74, 6) is -3.11. The first-order valence-corrected chi connectivity index (χ1v) is 14.0. The van der Waals surface area contributed by atoms with Gasteiger partial charge in [0.1, 0.15) is 29.6 Å². The highest BCUT2D eigenvalue weighted by Gasteiger charge is 2.31. The van der Waals surface area contributed by atoms with Gasteiger partial charge in [-0.15, -0.1) is 0 Å². The van der Waals surface area contributed by atoms with Crippen LogP contribution in [-0.4, -0.2) is 69.7 Å². The Labute approximate surface area is 245 Å². The molecule has 0 bridgehead atoms. The van der Waals surface area contributed by atoms with Gasteiger partial charge in [0, 0.05) is 12.8 Å². The molecule has 0 saturated heterocycles. The minimum Gasteiger partial charge on any atom is -0.508 e. The number of carbonyl (C=O) groups is 4. The standard InChI is InChI=1S/C30H43N5O7/c1-18(2)15-26(30(41)42)35-29(40)25(17-20-8-12-22(37)13-9-20)34-28(39)24(16-19-6-10-21(36)11-7-19)33-27(38)23(32)5-3-4-14-31/h6-13,18,23-26,36-37H,3-5,14-17,31-32H2,1-2H3,(H,33,38)(H,34,39)(H,35,40)(H,41,42). The molecule has 42 heavy (non-hydrogen) atoms. The first kappa shape index (κ1) is 34.0. The van der Waals surface area contributed by atoms with Gasteiger partial charge in [-0.25, -0.2) is 4.79 Å². The van der Waals surface area contributed by atoms with Gasteiger partial charge in [0.15, 0.2) is 0 Å². The molecule has 0 spiro atoms. The number of phenolic OH excluding ortho intramolecular Hbond substituents is 2. The van der Waals surface area contributed by atoms with Crippen LogP contribution in [0.4, 0.5) is 0 Å². The molecule has 4 atom stereocenters. The lowest BCUT2D eigenvalue weighted by molar-refractivity contribution is -0.142. The minimum atomic E-state index is -1.20. The lowest BCUT2D eigenvalue weighted by atomic mass is 10.00. The first-order valence-electron chi connectivity index (χ1n) is 14.0. The van der Waals surface area contributed by atoms with Gasteiger partial charge in [-0.05, 0) is 67.1 Å². The second-order valence-corrected chi connectivity index (χ2v) is 10.8. The van der Waals surface area contributed by atoms with Crippen LogP contribution in [0.3, 0.4) is 0 Å². The van der Waals surface area contributed by atoms with E-state index in [0.29, 0.717) is 36.9 Å². The molecule has 2 rings (SSSR count). The van der Waals surface area contributed by atoms with Crippen LogP contribution in [0.15, 0.2) is 48.5 Å². The zero-order valence-corrected chi connectivity index (χ0v) is 24.1. The van der Waals surface area contributed by atoms with Crippen molar-refractivity contribution in [1.82, 2.24) is 16.0 Å². The van der Waals surface area contributed by atoms with E-state index in [-0.39, 0.29) is 36.7 Å². The van der Waals surface area contributed by atoms with Crippen molar-refractivity contribution < 1.29 is 34.5 Å². The van der Waals surface area contributed by atoms with Crippen molar-refractivity contribution in [3.05, 3.63) is 59.7 Å². The fourth-order valence-corrected chi connectivity index (χ4v) is 4.31. The molecule has 230 valence electrons. The van der Waals surface area contributed by atoms with Crippen LogP contribution in [-0.2, 0) is 32.0 Å². The Morgan fingerprint density at radius 3 is 1.55 bits per heavy atom. The molecule has 12 nitrogen and oxygen atoms in total. The van der Waals surface area contributed by atoms with Crippen LogP contribution < -0.4 is 27.4 Å². The van der Waals surface area contributed by atoms with E-state index in [1.807, 2.05) is 13.8 Å². The Morgan fingerprint density at radius 2 is 1.14 bits per heavy atom. The van der Waals surface area contributed by atoms with Gasteiger partial charge in [-0.3, -0.25) is 14.4 Å². The molecule has 4 unspecified atom stereocenters. The monoisotopic (exact) mass is 585 g/mol. The third-order valence-electron chi connectivity index (χ3n) is 6.65. The third-order valence-corrected chi connectivity index (χ3v) is 6.65. The number of aliphatic carboxylic acids is 1. The number of unbranched alkanes of at least 4 members (excludes halogenated alkanes) is 1. The van der Waals surface area contributed by atoms with Crippen LogP contribution in [0.25, 0.3) is 0 Å². The van der Waals surface area contributed by atoms with Gasteiger partial charge in [0.25, 0.3) is 0 Å². The molecule has 0 aromatic heterocycles. The van der Waals surface area contributed by atoms with E-state index in [0.717, 1.165) is 0 Å². The average molecular weight is 586 g/mol. The van der Waals surface area contributed by atoms with E-state index in [9.17, 15) is 34.5 Å². The SMILES string of the molecule is CC(C)CC(NC(=O)C(Cc1ccc(O)cc1)NC(=O)C(Cc1ccc(O)cc1)NC(=O)C(N)CCCCN)C(=O)O. The number of phenols is 2. The second-order valence-electron chi connectivity index (χ2n) is 10.8. The van der Waals surface area contributed by atoms with Crippen molar-refractivity contribution in [1.29, 1.82) is 0 Å². The van der Waals surface area contributed by atoms with Crippen molar-refractivity contribution in [3.63, 3.8) is 0 Å². The molecule has 12 heteroatoms. The van der Waals surface area contributed by atoms with E-state index in [1.165, 1.54) is 24.3 Å². The largest absolute Gasteiger partial charge is 0.508 e. The highest BCUT2D eigenvalue weighted by molar-refractivity contribution is 5.94. The van der Waals surface area contributed by atoms with E-state index >= 15 is 0 Å². The number of benzene rings is 2. The minimum absolute atomic E-state index is 0.00957. The number of hydrogen-bond donors (Lipinski definition) is 8. The molecule has 10 N–H and O–H groups in total. The molecule has 0 aliphatic heterocycles. The quantitative estimate of drug-likeness (QED) is 0.124. The summed E-state index contributed by atoms with van der Waals surface area (Å²) in [7, 11) is 0. The summed E-state index contributed by atoms with van der Waals surface area (Å²) in [6, 6.07) is 7.76. The summed E-state index contributed by atoms with van der Waals surface area (Å²) in [5, 5.41) is 36.8. The number of nitrogens with two attached hydrogens (primary N) is 2. The zero-order chi connectivity index (χ0) is 31.2. The number of carboxylic acids is 1. The Balaban J connectivity index is 2.32. The summed E-state index contributed by atoms with van der Waals surface area (Å²) in [6.07, 6.45) is 1.91. The maximum atomic E-state index is 13.6. The van der Waals surface area contributed by atoms with Gasteiger partial charge in [-0.2, -0.15) is 0 Å². The molecular weight excluding hydrogens is 542 g/mol. The number of carbonyl (C=O) groups excluding carboxylic acids is 3. The summed E-state index contributed by atoms with van der Waals surface area (Å²) < 4.78 is 0. The number of hydrogen-bond acceptors (Lipinski definition) is 8. The molecule has 0 radical (unpaired) electrons. The highest BCUT2D eigenvalue weighted by Crippen LogP contribution is 2.14. The van der Waals surface area contributed by atoms with Crippen LogP contribution in [0.5, 0.6) is 11.5 Å². The Morgan fingerprint density at radius 1 is 0.714 bits per heavy atom. The topological polar surface area (TPSA) is 217 Å². The van der Waals surface area contributed by atoms with E-state index in [1.54, 1.807) is 24.3 Å². The van der Waals surface area contributed by atoms with E-state index < -0.39 is 47.9 Å². The number of rotatable bonds is 17. The summed E-state index contributed by atoms with van der Waals surface area (Å²) in [6.45, 7) is 4.12. The van der Waals surface area contributed by atoms with Crippen LogP contribution in [0, 0.1) is 5.92 Å². The van der Waals surface area contributed by atoms with Crippen molar-refractivity contribution in [2.24, 2.45) is 17.4 Å². The van der Waals surface area contributed by atoms with Crippen LogP contribution >= 0.6 is 0 Å². The lowest BCUT2D eigenvalue weighted by Crippen LogP contribution is -2.58. The predicted molar refractivity (Wildman–Crippen MR) is 157 cm³/mol. The van der Waals surface area contributed by atoms with Crippen molar-refractivity contribution >= 4 is 23.7 Å². The normalized spacial score (nSPS) is 13.9. The fraction of sp³-hybridized carbons (Fsp3) is 0.467. The maximum Gasteiger partial charge on any atom is 0.326 e. The van der Waals surface area contributed by atoms with Gasteiger partial charge in [-0.1, -0.05) is 44.5 Å². The molecule has 2 aromatic rings. The van der Waals surface area contributed by atoms with Gasteiger partial charge in [0.05, 0.1) is 6.04 Å². The number of aromatic hydroxyl groups is 2. The summed E-state index contributed by atoms with van der Waals surface area (Å²) >= 11 is 0. The third kappa shape index (κ3) is 11.8. The van der Waals surface area contributed by atoms with Gasteiger partial charge >= 0.3 is 5.97 Å². The average Bonchev–Trinajstić information content (AvgIpc) is 2.93. The molecule has 0 aliphatic rings. The predicted octanol–water partition coefficient (Wildman–Crippen LogP) is 0.924. The van der Waals surface area contributed by atoms with E-state index in [4.69, 9.17) is 11.5 Å². The maximum absolute atomic E-state index is 13.6. The molecule has 0 fully saturated rings. The summed E-state index contributed by atoms with van der Waals surface area (Å²) in [5.41, 5.74) is 12.8. The first-order chi connectivity index (χ1) is 19.9. The van der Waals surface area contributed by atoms with Crippen molar-refractivity contribution in [2.75, 3.05) is 6.54 Å². The Bertz CT molecular complexity index is 1170. The Hall–Kier alpha value is -4.16. The molecule has 0 saturated carbocycles. The summed E-state index contributed by atoms with van der Waals surface area (Å²) in [4.78, 5) is 51.7. The number of carboxylic acid groups (broad SMARTS) is 1. The molecular formula is C30H43N5O7. The van der Waals surface area contributed by atoms with E-state index in [2.05, 4.69) is 16.0 Å².